The second-order valence-electron chi connectivity index (χ2n) is 6.61. The standard InChI is InChI=1S/C17H25NO/c1-18(10-13-2-4-14(12-19)5-3-13)11-17-9-15-6-7-16(17)8-15/h2-5,15-17,19H,6-12H2,1H3. The lowest BCUT2D eigenvalue weighted by Gasteiger charge is -2.27. The Bertz CT molecular complexity index is 414. The Kier molecular flexibility index (Phi) is 3.90. The quantitative estimate of drug-likeness (QED) is 0.878. The topological polar surface area (TPSA) is 23.5 Å². The highest BCUT2D eigenvalue weighted by atomic mass is 16.3. The predicted molar refractivity (Wildman–Crippen MR) is 77.6 cm³/mol. The van der Waals surface area contributed by atoms with E-state index in [1.54, 1.807) is 0 Å². The molecule has 0 amide bonds. The van der Waals surface area contributed by atoms with Crippen LogP contribution in [0.4, 0.5) is 0 Å². The second-order valence-corrected chi connectivity index (χ2v) is 6.61. The van der Waals surface area contributed by atoms with Gasteiger partial charge in [0.1, 0.15) is 0 Å². The SMILES string of the molecule is CN(Cc1ccc(CO)cc1)CC1CC2CCC1C2. The summed E-state index contributed by atoms with van der Waals surface area (Å²) in [6, 6.07) is 8.34. The summed E-state index contributed by atoms with van der Waals surface area (Å²) >= 11 is 0. The van der Waals surface area contributed by atoms with Crippen molar-refractivity contribution in [2.45, 2.75) is 38.8 Å². The number of nitrogens with zero attached hydrogens (tertiary/aromatic N) is 1. The molecule has 3 atom stereocenters. The Hall–Kier alpha value is -0.860. The van der Waals surface area contributed by atoms with E-state index in [0.29, 0.717) is 0 Å². The van der Waals surface area contributed by atoms with Gasteiger partial charge in [0.15, 0.2) is 0 Å². The van der Waals surface area contributed by atoms with Crippen molar-refractivity contribution in [3.8, 4) is 0 Å². The molecule has 1 aromatic rings. The van der Waals surface area contributed by atoms with Gasteiger partial charge in [0.25, 0.3) is 0 Å². The first-order valence-corrected chi connectivity index (χ1v) is 7.62. The summed E-state index contributed by atoms with van der Waals surface area (Å²) in [5.41, 5.74) is 2.35. The molecule has 0 spiro atoms. The van der Waals surface area contributed by atoms with Crippen molar-refractivity contribution in [1.29, 1.82) is 0 Å². The fourth-order valence-electron chi connectivity index (χ4n) is 4.13. The van der Waals surface area contributed by atoms with Gasteiger partial charge in [-0.3, -0.25) is 0 Å². The van der Waals surface area contributed by atoms with Crippen LogP contribution in [0.1, 0.15) is 36.8 Å². The highest BCUT2D eigenvalue weighted by Crippen LogP contribution is 2.48. The molecular formula is C17H25NO. The third kappa shape index (κ3) is 3.01. The molecule has 1 aromatic carbocycles. The molecule has 2 heteroatoms. The maximum Gasteiger partial charge on any atom is 0.0681 e. The van der Waals surface area contributed by atoms with Gasteiger partial charge in [0.05, 0.1) is 6.61 Å². The number of hydrogen-bond acceptors (Lipinski definition) is 2. The number of aliphatic hydroxyl groups excluding tert-OH is 1. The van der Waals surface area contributed by atoms with Crippen molar-refractivity contribution in [1.82, 2.24) is 4.90 Å². The minimum atomic E-state index is 0.140. The summed E-state index contributed by atoms with van der Waals surface area (Å²) in [5.74, 6) is 3.01. The molecule has 0 saturated heterocycles. The van der Waals surface area contributed by atoms with Crippen LogP contribution in [0.3, 0.4) is 0 Å². The number of fused-ring (bicyclic) bond motifs is 2. The van der Waals surface area contributed by atoms with Gasteiger partial charge in [-0.05, 0) is 55.2 Å². The van der Waals surface area contributed by atoms with E-state index in [4.69, 9.17) is 5.11 Å². The zero-order chi connectivity index (χ0) is 13.2. The largest absolute Gasteiger partial charge is 0.392 e. The molecule has 19 heavy (non-hydrogen) atoms. The van der Waals surface area contributed by atoms with Crippen molar-refractivity contribution >= 4 is 0 Å². The molecule has 2 nitrogen and oxygen atoms in total. The molecule has 0 aliphatic heterocycles. The number of rotatable bonds is 5. The molecule has 2 bridgehead atoms. The Balaban J connectivity index is 1.51. The van der Waals surface area contributed by atoms with E-state index >= 15 is 0 Å². The van der Waals surface area contributed by atoms with Crippen LogP contribution in [0.2, 0.25) is 0 Å². The molecule has 1 N–H and O–H groups in total. The third-order valence-electron chi connectivity index (χ3n) is 5.09. The van der Waals surface area contributed by atoms with Crippen LogP contribution in [-0.2, 0) is 13.2 Å². The zero-order valence-corrected chi connectivity index (χ0v) is 11.9. The first kappa shape index (κ1) is 13.1. The minimum absolute atomic E-state index is 0.140. The van der Waals surface area contributed by atoms with Crippen molar-refractivity contribution in [2.24, 2.45) is 17.8 Å². The smallest absolute Gasteiger partial charge is 0.0681 e. The van der Waals surface area contributed by atoms with E-state index in [1.165, 1.54) is 37.8 Å². The summed E-state index contributed by atoms with van der Waals surface area (Å²) in [6.07, 6.45) is 5.95. The fourth-order valence-corrected chi connectivity index (χ4v) is 4.13. The Morgan fingerprint density at radius 2 is 1.84 bits per heavy atom. The van der Waals surface area contributed by atoms with Crippen molar-refractivity contribution < 1.29 is 5.11 Å². The molecule has 3 unspecified atom stereocenters. The van der Waals surface area contributed by atoms with E-state index in [0.717, 1.165) is 29.9 Å². The molecule has 0 radical (unpaired) electrons. The summed E-state index contributed by atoms with van der Waals surface area (Å²) in [5, 5.41) is 9.05. The summed E-state index contributed by atoms with van der Waals surface area (Å²) < 4.78 is 0. The highest BCUT2D eigenvalue weighted by molar-refractivity contribution is 5.21. The van der Waals surface area contributed by atoms with E-state index in [-0.39, 0.29) is 6.61 Å². The van der Waals surface area contributed by atoms with Gasteiger partial charge >= 0.3 is 0 Å². The van der Waals surface area contributed by atoms with E-state index in [2.05, 4.69) is 24.1 Å². The molecular weight excluding hydrogens is 234 g/mol. The predicted octanol–water partition coefficient (Wildman–Crippen LogP) is 3.05. The van der Waals surface area contributed by atoms with Gasteiger partial charge in [-0.15, -0.1) is 0 Å². The monoisotopic (exact) mass is 259 g/mol. The maximum absolute atomic E-state index is 9.05. The Labute approximate surface area is 116 Å². The van der Waals surface area contributed by atoms with Gasteiger partial charge in [-0.2, -0.15) is 0 Å². The third-order valence-corrected chi connectivity index (χ3v) is 5.09. The molecule has 2 aliphatic rings. The van der Waals surface area contributed by atoms with E-state index in [9.17, 15) is 0 Å². The molecule has 104 valence electrons. The van der Waals surface area contributed by atoms with E-state index < -0.39 is 0 Å². The van der Waals surface area contributed by atoms with Gasteiger partial charge in [-0.1, -0.05) is 30.7 Å². The van der Waals surface area contributed by atoms with Gasteiger partial charge in [-0.25, -0.2) is 0 Å². The lowest BCUT2D eigenvalue weighted by molar-refractivity contribution is 0.214. The van der Waals surface area contributed by atoms with Crippen LogP contribution >= 0.6 is 0 Å². The maximum atomic E-state index is 9.05. The van der Waals surface area contributed by atoms with Crippen molar-refractivity contribution in [2.75, 3.05) is 13.6 Å². The van der Waals surface area contributed by atoms with Gasteiger partial charge < -0.3 is 10.0 Å². The first-order valence-electron chi connectivity index (χ1n) is 7.62. The number of aliphatic hydroxyl groups is 1. The lowest BCUT2D eigenvalue weighted by atomic mass is 9.88. The highest BCUT2D eigenvalue weighted by Gasteiger charge is 2.39. The van der Waals surface area contributed by atoms with Crippen LogP contribution in [0.15, 0.2) is 24.3 Å². The average molecular weight is 259 g/mol. The minimum Gasteiger partial charge on any atom is -0.392 e. The fraction of sp³-hybridized carbons (Fsp3) is 0.647. The van der Waals surface area contributed by atoms with Crippen LogP contribution in [0, 0.1) is 17.8 Å². The lowest BCUT2D eigenvalue weighted by Crippen LogP contribution is -2.28. The normalized spacial score (nSPS) is 29.3. The Morgan fingerprint density at radius 1 is 1.11 bits per heavy atom. The van der Waals surface area contributed by atoms with Gasteiger partial charge in [0.2, 0.25) is 0 Å². The Morgan fingerprint density at radius 3 is 2.42 bits per heavy atom. The van der Waals surface area contributed by atoms with E-state index in [1.807, 2.05) is 12.1 Å². The second kappa shape index (κ2) is 5.64. The molecule has 2 aliphatic carbocycles. The van der Waals surface area contributed by atoms with Crippen LogP contribution in [0.5, 0.6) is 0 Å². The number of hydrogen-bond donors (Lipinski definition) is 1. The molecule has 0 heterocycles. The molecule has 3 rings (SSSR count). The first-order chi connectivity index (χ1) is 9.24. The van der Waals surface area contributed by atoms with Crippen molar-refractivity contribution in [3.63, 3.8) is 0 Å². The van der Waals surface area contributed by atoms with Crippen LogP contribution in [0.25, 0.3) is 0 Å². The number of benzene rings is 1. The molecule has 2 fully saturated rings. The van der Waals surface area contributed by atoms with Crippen LogP contribution in [-0.4, -0.2) is 23.6 Å². The van der Waals surface area contributed by atoms with Gasteiger partial charge in [0, 0.05) is 13.1 Å². The summed E-state index contributed by atoms with van der Waals surface area (Å²) in [4.78, 5) is 2.47. The average Bonchev–Trinajstić information content (AvgIpc) is 3.02. The van der Waals surface area contributed by atoms with Crippen molar-refractivity contribution in [3.05, 3.63) is 35.4 Å². The zero-order valence-electron chi connectivity index (χ0n) is 11.9. The molecule has 2 saturated carbocycles. The molecule has 0 aromatic heterocycles. The summed E-state index contributed by atoms with van der Waals surface area (Å²) in [7, 11) is 2.24. The summed E-state index contributed by atoms with van der Waals surface area (Å²) in [6.45, 7) is 2.42. The van der Waals surface area contributed by atoms with Crippen LogP contribution < -0.4 is 0 Å².